The van der Waals surface area contributed by atoms with Crippen LogP contribution in [0.2, 0.25) is 0 Å². The molecule has 4 aliphatic carbocycles. The van der Waals surface area contributed by atoms with E-state index in [1.807, 2.05) is 25.1 Å². The van der Waals surface area contributed by atoms with Crippen molar-refractivity contribution >= 4 is 15.9 Å². The number of halogens is 1. The summed E-state index contributed by atoms with van der Waals surface area (Å²) in [6.45, 7) is 2.01. The van der Waals surface area contributed by atoms with Gasteiger partial charge in [-0.1, -0.05) is 28.1 Å². The van der Waals surface area contributed by atoms with Crippen molar-refractivity contribution in [2.45, 2.75) is 25.2 Å². The Hall–Kier alpha value is -1.68. The van der Waals surface area contributed by atoms with E-state index in [0.29, 0.717) is 11.8 Å². The number of aryl methyl sites for hydroxylation is 1. The summed E-state index contributed by atoms with van der Waals surface area (Å²) in [6, 6.07) is 5.84. The van der Waals surface area contributed by atoms with Crippen molar-refractivity contribution < 1.29 is 10.2 Å². The Labute approximate surface area is 137 Å². The fourth-order valence-corrected chi connectivity index (χ4v) is 4.71. The first-order chi connectivity index (χ1) is 10.6. The van der Waals surface area contributed by atoms with E-state index in [0.717, 1.165) is 26.9 Å². The van der Waals surface area contributed by atoms with Gasteiger partial charge < -0.3 is 10.2 Å². The molecule has 3 nitrogen and oxygen atoms in total. The molecule has 112 valence electrons. The quantitative estimate of drug-likeness (QED) is 0.745. The monoisotopic (exact) mass is 357 g/mol. The molecule has 1 aromatic carbocycles. The highest BCUT2D eigenvalue weighted by Gasteiger charge is 2.57. The van der Waals surface area contributed by atoms with Crippen LogP contribution < -0.4 is 0 Å². The molecular formula is C18H16BrNO2. The van der Waals surface area contributed by atoms with E-state index in [-0.39, 0.29) is 23.6 Å². The van der Waals surface area contributed by atoms with Crippen LogP contribution in [-0.4, -0.2) is 14.8 Å². The molecule has 0 spiro atoms. The van der Waals surface area contributed by atoms with Gasteiger partial charge in [0.1, 0.15) is 0 Å². The molecule has 0 saturated heterocycles. The SMILES string of the molecule is Cc1cc(-n2c(O)c3c(c2O)[C@@H]2C=C[C@H]3[C@H]3C[C@H]32)ccc1Br. The second kappa shape index (κ2) is 3.99. The van der Waals surface area contributed by atoms with Crippen LogP contribution in [0, 0.1) is 18.8 Å². The average molecular weight is 358 g/mol. The van der Waals surface area contributed by atoms with Crippen molar-refractivity contribution in [3.63, 3.8) is 0 Å². The van der Waals surface area contributed by atoms with E-state index in [4.69, 9.17) is 0 Å². The van der Waals surface area contributed by atoms with Crippen molar-refractivity contribution in [1.29, 1.82) is 0 Å². The molecule has 2 bridgehead atoms. The Balaban J connectivity index is 1.75. The lowest BCUT2D eigenvalue weighted by Gasteiger charge is -2.30. The van der Waals surface area contributed by atoms with E-state index in [1.54, 1.807) is 4.57 Å². The molecule has 4 aliphatic rings. The number of hydrogen-bond acceptors (Lipinski definition) is 2. The number of benzene rings is 1. The minimum absolute atomic E-state index is 0.207. The molecule has 0 unspecified atom stereocenters. The number of allylic oxidation sites excluding steroid dienone is 2. The number of aromatic hydroxyl groups is 2. The number of aromatic nitrogens is 1. The van der Waals surface area contributed by atoms with Gasteiger partial charge in [-0.2, -0.15) is 0 Å². The Morgan fingerprint density at radius 2 is 1.64 bits per heavy atom. The van der Waals surface area contributed by atoms with Crippen molar-refractivity contribution in [2.24, 2.45) is 11.8 Å². The molecule has 2 aromatic rings. The summed E-state index contributed by atoms with van der Waals surface area (Å²) >= 11 is 3.49. The van der Waals surface area contributed by atoms with Crippen LogP contribution in [-0.2, 0) is 0 Å². The number of rotatable bonds is 1. The molecule has 2 N–H and O–H groups in total. The lowest BCUT2D eigenvalue weighted by molar-refractivity contribution is 0.398. The highest BCUT2D eigenvalue weighted by atomic mass is 79.9. The standard InChI is InChI=1S/C18H16BrNO2/c1-8-6-9(2-5-14(8)19)20-17(21)15-10-3-4-11(13-7-12(10)13)16(15)18(20)22/h2-6,10-13,21-22H,7H2,1H3/t10-,11+,12+,13-. The van der Waals surface area contributed by atoms with Crippen LogP contribution in [0.1, 0.15) is 34.9 Å². The second-order valence-electron chi connectivity index (χ2n) is 6.74. The zero-order valence-corrected chi connectivity index (χ0v) is 13.7. The van der Waals surface area contributed by atoms with E-state index in [9.17, 15) is 10.2 Å². The maximum absolute atomic E-state index is 10.8. The highest BCUT2D eigenvalue weighted by Crippen LogP contribution is 2.68. The second-order valence-corrected chi connectivity index (χ2v) is 7.60. The molecule has 0 radical (unpaired) electrons. The minimum atomic E-state index is 0.207. The summed E-state index contributed by atoms with van der Waals surface area (Å²) in [5, 5.41) is 21.6. The third-order valence-corrected chi connectivity index (χ3v) is 6.49. The summed E-state index contributed by atoms with van der Waals surface area (Å²) < 4.78 is 2.62. The zero-order valence-electron chi connectivity index (χ0n) is 12.1. The van der Waals surface area contributed by atoms with Crippen molar-refractivity contribution in [1.82, 2.24) is 4.57 Å². The highest BCUT2D eigenvalue weighted by molar-refractivity contribution is 9.10. The molecule has 1 heterocycles. The fourth-order valence-electron chi connectivity index (χ4n) is 4.46. The summed E-state index contributed by atoms with van der Waals surface area (Å²) in [7, 11) is 0. The maximum Gasteiger partial charge on any atom is 0.202 e. The van der Waals surface area contributed by atoms with E-state index < -0.39 is 0 Å². The smallest absolute Gasteiger partial charge is 0.202 e. The lowest BCUT2D eigenvalue weighted by Crippen LogP contribution is -2.18. The molecule has 0 aliphatic heterocycles. The van der Waals surface area contributed by atoms with Crippen molar-refractivity contribution in [2.75, 3.05) is 0 Å². The normalized spacial score (nSPS) is 30.3. The first-order valence-corrected chi connectivity index (χ1v) is 8.48. The lowest BCUT2D eigenvalue weighted by atomic mass is 9.73. The van der Waals surface area contributed by atoms with Gasteiger partial charge in [0.15, 0.2) is 0 Å². The molecule has 1 aromatic heterocycles. The van der Waals surface area contributed by atoms with Gasteiger partial charge in [0.05, 0.1) is 5.69 Å². The molecule has 1 saturated carbocycles. The topological polar surface area (TPSA) is 45.4 Å². The van der Waals surface area contributed by atoms with E-state index in [2.05, 4.69) is 28.1 Å². The Morgan fingerprint density at radius 1 is 1.05 bits per heavy atom. The first-order valence-electron chi connectivity index (χ1n) is 7.69. The van der Waals surface area contributed by atoms with Crippen LogP contribution >= 0.6 is 15.9 Å². The Bertz CT molecular complexity index is 810. The zero-order chi connectivity index (χ0) is 15.2. The summed E-state index contributed by atoms with van der Waals surface area (Å²) in [6.07, 6.45) is 5.66. The maximum atomic E-state index is 10.8. The first kappa shape index (κ1) is 12.8. The third-order valence-electron chi connectivity index (χ3n) is 5.60. The van der Waals surface area contributed by atoms with Gasteiger partial charge in [-0.05, 0) is 48.9 Å². The predicted molar refractivity (Wildman–Crippen MR) is 87.8 cm³/mol. The predicted octanol–water partition coefficient (Wildman–Crippen LogP) is 4.35. The minimum Gasteiger partial charge on any atom is -0.494 e. The number of nitrogens with zero attached hydrogens (tertiary/aromatic N) is 1. The van der Waals surface area contributed by atoms with Gasteiger partial charge in [0.2, 0.25) is 11.8 Å². The van der Waals surface area contributed by atoms with Gasteiger partial charge in [-0.3, -0.25) is 4.57 Å². The molecule has 4 atom stereocenters. The van der Waals surface area contributed by atoms with Gasteiger partial charge in [0.25, 0.3) is 0 Å². The number of hydrogen-bond donors (Lipinski definition) is 2. The van der Waals surface area contributed by atoms with Gasteiger partial charge >= 0.3 is 0 Å². The van der Waals surface area contributed by atoms with Gasteiger partial charge in [-0.25, -0.2) is 0 Å². The summed E-state index contributed by atoms with van der Waals surface area (Å²) in [5.41, 5.74) is 3.78. The molecule has 6 rings (SSSR count). The van der Waals surface area contributed by atoms with Crippen LogP contribution in [0.15, 0.2) is 34.8 Å². The van der Waals surface area contributed by atoms with Crippen LogP contribution in [0.4, 0.5) is 0 Å². The van der Waals surface area contributed by atoms with Gasteiger partial charge in [-0.15, -0.1) is 0 Å². The molecular weight excluding hydrogens is 342 g/mol. The molecule has 4 heteroatoms. The average Bonchev–Trinajstić information content (AvgIpc) is 3.28. The largest absolute Gasteiger partial charge is 0.494 e. The molecule has 0 amide bonds. The van der Waals surface area contributed by atoms with E-state index >= 15 is 0 Å². The van der Waals surface area contributed by atoms with Gasteiger partial charge in [0, 0.05) is 27.4 Å². The van der Waals surface area contributed by atoms with E-state index in [1.165, 1.54) is 6.42 Å². The fraction of sp³-hybridized carbons (Fsp3) is 0.333. The summed E-state index contributed by atoms with van der Waals surface area (Å²) in [4.78, 5) is 0. The Kier molecular flexibility index (Phi) is 2.32. The third kappa shape index (κ3) is 1.42. The summed E-state index contributed by atoms with van der Waals surface area (Å²) in [5.74, 6) is 2.28. The Morgan fingerprint density at radius 3 is 2.18 bits per heavy atom. The molecule has 22 heavy (non-hydrogen) atoms. The van der Waals surface area contributed by atoms with Crippen molar-refractivity contribution in [3.8, 4) is 17.4 Å². The van der Waals surface area contributed by atoms with Crippen molar-refractivity contribution in [3.05, 3.63) is 51.5 Å². The van der Waals surface area contributed by atoms with Crippen LogP contribution in [0.5, 0.6) is 11.8 Å². The molecule has 1 fully saturated rings. The van der Waals surface area contributed by atoms with Crippen LogP contribution in [0.25, 0.3) is 5.69 Å². The van der Waals surface area contributed by atoms with Crippen LogP contribution in [0.3, 0.4) is 0 Å².